The summed E-state index contributed by atoms with van der Waals surface area (Å²) >= 11 is 0. The van der Waals surface area contributed by atoms with Crippen molar-refractivity contribution in [3.8, 4) is 0 Å². The molecule has 0 amide bonds. The second kappa shape index (κ2) is 7.49. The average Bonchev–Trinajstić information content (AvgIpc) is 2.79. The van der Waals surface area contributed by atoms with Gasteiger partial charge in [-0.2, -0.15) is 0 Å². The lowest BCUT2D eigenvalue weighted by molar-refractivity contribution is -0.171. The van der Waals surface area contributed by atoms with Crippen LogP contribution in [0.5, 0.6) is 0 Å². The Bertz CT molecular complexity index is 371. The van der Waals surface area contributed by atoms with Gasteiger partial charge in [0.15, 0.2) is 5.96 Å². The fraction of sp³-hybridized carbons (Fsp3) is 0.938. The summed E-state index contributed by atoms with van der Waals surface area (Å²) in [4.78, 5) is 4.50. The lowest BCUT2D eigenvalue weighted by Gasteiger charge is -2.63. The van der Waals surface area contributed by atoms with Crippen LogP contribution < -0.4 is 11.1 Å². The van der Waals surface area contributed by atoms with E-state index in [9.17, 15) is 0 Å². The van der Waals surface area contributed by atoms with E-state index >= 15 is 0 Å². The minimum atomic E-state index is 0. The second-order valence-corrected chi connectivity index (χ2v) is 6.78. The summed E-state index contributed by atoms with van der Waals surface area (Å²) < 4.78 is 5.93. The molecular weight excluding hydrogens is 377 g/mol. The number of fused-ring (bicyclic) bond motifs is 2. The highest BCUT2D eigenvalue weighted by atomic mass is 127. The summed E-state index contributed by atoms with van der Waals surface area (Å²) in [7, 11) is 0. The number of nitrogens with two attached hydrogens (primary N) is 1. The summed E-state index contributed by atoms with van der Waals surface area (Å²) in [6, 6.07) is 0.517. The minimum absolute atomic E-state index is 0. The number of nitrogens with zero attached hydrogens (tertiary/aromatic N) is 1. The molecule has 3 unspecified atom stereocenters. The van der Waals surface area contributed by atoms with Crippen molar-refractivity contribution in [1.82, 2.24) is 5.32 Å². The number of hydrogen-bond donors (Lipinski definition) is 2. The van der Waals surface area contributed by atoms with E-state index in [2.05, 4.69) is 17.2 Å². The minimum Gasteiger partial charge on any atom is -0.377 e. The summed E-state index contributed by atoms with van der Waals surface area (Å²) in [5.41, 5.74) is 6.47. The van der Waals surface area contributed by atoms with E-state index in [4.69, 9.17) is 10.5 Å². The molecule has 1 heterocycles. The van der Waals surface area contributed by atoms with Crippen LogP contribution in [0.25, 0.3) is 0 Å². The molecule has 2 aliphatic carbocycles. The molecule has 0 aromatic carbocycles. The third-order valence-corrected chi connectivity index (χ3v) is 5.63. The van der Waals surface area contributed by atoms with Gasteiger partial charge in [-0.05, 0) is 25.7 Å². The van der Waals surface area contributed by atoms with Gasteiger partial charge in [0.05, 0.1) is 6.10 Å². The number of guanidine groups is 1. The number of unbranched alkanes of at least 4 members (excludes halogenated alkanes) is 3. The van der Waals surface area contributed by atoms with Crippen LogP contribution in [0.3, 0.4) is 0 Å². The lowest BCUT2D eigenvalue weighted by atomic mass is 9.46. The van der Waals surface area contributed by atoms with Crippen LogP contribution in [0.1, 0.15) is 58.3 Å². The first-order valence-electron chi connectivity index (χ1n) is 8.46. The normalized spacial score (nSPS) is 32.8. The van der Waals surface area contributed by atoms with Crippen molar-refractivity contribution < 1.29 is 4.74 Å². The van der Waals surface area contributed by atoms with E-state index in [1.54, 1.807) is 0 Å². The smallest absolute Gasteiger partial charge is 0.188 e. The standard InChI is InChI=1S/C16H29N3O.HI/c1-2-3-4-5-10-18-15(17)19-13-12-7-11-20-14(12)16(13)8-6-9-16;/h12-14H,2-11H2,1H3,(H3,17,18,19);1H. The Labute approximate surface area is 145 Å². The number of hydrogen-bond acceptors (Lipinski definition) is 2. The highest BCUT2D eigenvalue weighted by Crippen LogP contribution is 2.62. The van der Waals surface area contributed by atoms with Gasteiger partial charge in [0, 0.05) is 30.5 Å². The Morgan fingerprint density at radius 3 is 2.81 bits per heavy atom. The van der Waals surface area contributed by atoms with Crippen LogP contribution in [-0.4, -0.2) is 31.3 Å². The number of halogens is 1. The Morgan fingerprint density at radius 2 is 2.14 bits per heavy atom. The first kappa shape index (κ1) is 17.3. The van der Waals surface area contributed by atoms with Crippen molar-refractivity contribution >= 4 is 29.9 Å². The van der Waals surface area contributed by atoms with Gasteiger partial charge >= 0.3 is 0 Å². The SMILES string of the molecule is CCCCCCN=C(N)NC1C2CCOC2C12CCC2.I. The summed E-state index contributed by atoms with van der Waals surface area (Å²) in [5, 5.41) is 3.52. The fourth-order valence-electron chi connectivity index (χ4n) is 4.40. The average molecular weight is 407 g/mol. The predicted octanol–water partition coefficient (Wildman–Crippen LogP) is 3.05. The van der Waals surface area contributed by atoms with Crippen molar-refractivity contribution in [1.29, 1.82) is 0 Å². The van der Waals surface area contributed by atoms with Gasteiger partial charge in [-0.15, -0.1) is 24.0 Å². The van der Waals surface area contributed by atoms with Crippen LogP contribution >= 0.6 is 24.0 Å². The molecule has 0 aromatic rings. The van der Waals surface area contributed by atoms with Crippen LogP contribution in [0.4, 0.5) is 0 Å². The van der Waals surface area contributed by atoms with Crippen LogP contribution in [0.15, 0.2) is 4.99 Å². The Morgan fingerprint density at radius 1 is 1.33 bits per heavy atom. The van der Waals surface area contributed by atoms with Gasteiger partial charge in [0.1, 0.15) is 0 Å². The molecule has 21 heavy (non-hydrogen) atoms. The van der Waals surface area contributed by atoms with E-state index in [1.165, 1.54) is 44.9 Å². The third kappa shape index (κ3) is 3.19. The molecule has 1 spiro atoms. The monoisotopic (exact) mass is 407 g/mol. The van der Waals surface area contributed by atoms with Gasteiger partial charge in [0.2, 0.25) is 0 Å². The molecule has 3 N–H and O–H groups in total. The van der Waals surface area contributed by atoms with Crippen molar-refractivity contribution in [2.45, 2.75) is 70.4 Å². The van der Waals surface area contributed by atoms with Gasteiger partial charge in [0.25, 0.3) is 0 Å². The number of nitrogens with one attached hydrogen (secondary N) is 1. The summed E-state index contributed by atoms with van der Waals surface area (Å²) in [6.07, 6.45) is 10.6. The molecule has 0 radical (unpaired) electrons. The highest BCUT2D eigenvalue weighted by molar-refractivity contribution is 14.0. The first-order chi connectivity index (χ1) is 9.78. The molecule has 1 saturated heterocycles. The zero-order valence-electron chi connectivity index (χ0n) is 13.1. The molecule has 1 aliphatic heterocycles. The molecule has 2 saturated carbocycles. The van der Waals surface area contributed by atoms with Gasteiger partial charge < -0.3 is 15.8 Å². The molecule has 0 bridgehead atoms. The van der Waals surface area contributed by atoms with E-state index in [0.717, 1.165) is 19.6 Å². The van der Waals surface area contributed by atoms with Gasteiger partial charge in [-0.25, -0.2) is 0 Å². The van der Waals surface area contributed by atoms with E-state index in [-0.39, 0.29) is 24.0 Å². The van der Waals surface area contributed by atoms with E-state index in [0.29, 0.717) is 29.4 Å². The fourth-order valence-corrected chi connectivity index (χ4v) is 4.40. The molecule has 3 atom stereocenters. The third-order valence-electron chi connectivity index (χ3n) is 5.63. The zero-order chi connectivity index (χ0) is 14.0. The largest absolute Gasteiger partial charge is 0.377 e. The molecule has 4 nitrogen and oxygen atoms in total. The number of ether oxygens (including phenoxy) is 1. The Balaban J connectivity index is 0.00000161. The first-order valence-corrected chi connectivity index (χ1v) is 8.46. The second-order valence-electron chi connectivity index (χ2n) is 6.78. The molecular formula is C16H30IN3O. The van der Waals surface area contributed by atoms with Crippen molar-refractivity contribution in [3.05, 3.63) is 0 Å². The zero-order valence-corrected chi connectivity index (χ0v) is 15.5. The Hall–Kier alpha value is -0.0400. The lowest BCUT2D eigenvalue weighted by Crippen LogP contribution is -2.72. The topological polar surface area (TPSA) is 59.6 Å². The van der Waals surface area contributed by atoms with E-state index in [1.807, 2.05) is 0 Å². The highest BCUT2D eigenvalue weighted by Gasteiger charge is 2.66. The number of rotatable bonds is 6. The van der Waals surface area contributed by atoms with Crippen LogP contribution in [0.2, 0.25) is 0 Å². The maximum atomic E-state index is 6.08. The molecule has 3 aliphatic rings. The van der Waals surface area contributed by atoms with Gasteiger partial charge in [-0.3, -0.25) is 4.99 Å². The van der Waals surface area contributed by atoms with Crippen molar-refractivity contribution in [3.63, 3.8) is 0 Å². The molecule has 5 heteroatoms. The molecule has 122 valence electrons. The number of aliphatic imine (C=N–C) groups is 1. The predicted molar refractivity (Wildman–Crippen MR) is 97.1 cm³/mol. The molecule has 3 rings (SSSR count). The molecule has 0 aromatic heterocycles. The van der Waals surface area contributed by atoms with Crippen LogP contribution in [0, 0.1) is 11.3 Å². The van der Waals surface area contributed by atoms with Crippen molar-refractivity contribution in [2.75, 3.05) is 13.2 Å². The maximum absolute atomic E-state index is 6.08. The van der Waals surface area contributed by atoms with Crippen LogP contribution in [-0.2, 0) is 4.74 Å². The quantitative estimate of drug-likeness (QED) is 0.308. The van der Waals surface area contributed by atoms with Crippen molar-refractivity contribution in [2.24, 2.45) is 22.1 Å². The molecule has 3 fully saturated rings. The Kier molecular flexibility index (Phi) is 6.17. The van der Waals surface area contributed by atoms with E-state index < -0.39 is 0 Å². The van der Waals surface area contributed by atoms with Gasteiger partial charge in [-0.1, -0.05) is 32.6 Å². The summed E-state index contributed by atoms with van der Waals surface area (Å²) in [5.74, 6) is 1.33. The maximum Gasteiger partial charge on any atom is 0.188 e. The summed E-state index contributed by atoms with van der Waals surface area (Å²) in [6.45, 7) is 4.03.